The second-order valence-electron chi connectivity index (χ2n) is 9.62. The van der Waals surface area contributed by atoms with Gasteiger partial charge in [-0.2, -0.15) is 0 Å². The van der Waals surface area contributed by atoms with Gasteiger partial charge in [0.15, 0.2) is 5.78 Å². The van der Waals surface area contributed by atoms with Crippen LogP contribution in [-0.2, 0) is 0 Å². The van der Waals surface area contributed by atoms with E-state index in [4.69, 9.17) is 14.2 Å². The summed E-state index contributed by atoms with van der Waals surface area (Å²) in [5.41, 5.74) is 1.44. The Morgan fingerprint density at radius 2 is 1.22 bits per heavy atom. The quantitative estimate of drug-likeness (QED) is 0.0957. The Labute approximate surface area is 225 Å². The van der Waals surface area contributed by atoms with E-state index in [1.54, 1.807) is 6.08 Å². The molecule has 0 saturated heterocycles. The van der Waals surface area contributed by atoms with E-state index in [2.05, 4.69) is 20.8 Å². The summed E-state index contributed by atoms with van der Waals surface area (Å²) in [6.45, 7) is 8.60. The fraction of sp³-hybridized carbons (Fsp3) is 0.545. The molecular weight excluding hydrogens is 460 g/mol. The van der Waals surface area contributed by atoms with Gasteiger partial charge in [-0.1, -0.05) is 90.7 Å². The van der Waals surface area contributed by atoms with Crippen molar-refractivity contribution in [2.75, 3.05) is 19.8 Å². The van der Waals surface area contributed by atoms with Crippen molar-refractivity contribution < 1.29 is 19.0 Å². The molecule has 2 aromatic rings. The first kappa shape index (κ1) is 30.5. The summed E-state index contributed by atoms with van der Waals surface area (Å²) in [5.74, 6) is 2.14. The number of hydrogen-bond donors (Lipinski definition) is 0. The molecule has 0 spiro atoms. The van der Waals surface area contributed by atoms with Gasteiger partial charge in [-0.25, -0.2) is 0 Å². The highest BCUT2D eigenvalue weighted by Gasteiger charge is 2.11. The van der Waals surface area contributed by atoms with E-state index in [0.717, 1.165) is 49.2 Å². The molecule has 0 amide bonds. The molecule has 0 saturated carbocycles. The zero-order chi connectivity index (χ0) is 26.6. The normalized spacial score (nSPS) is 11.1. The van der Waals surface area contributed by atoms with Crippen molar-refractivity contribution >= 4 is 11.9 Å². The van der Waals surface area contributed by atoms with Crippen LogP contribution >= 0.6 is 0 Å². The number of benzene rings is 2. The van der Waals surface area contributed by atoms with Crippen molar-refractivity contribution in [1.82, 2.24) is 0 Å². The third-order valence-corrected chi connectivity index (χ3v) is 6.33. The van der Waals surface area contributed by atoms with Crippen LogP contribution in [-0.4, -0.2) is 25.6 Å². The lowest BCUT2D eigenvalue weighted by Crippen LogP contribution is -2.04. The number of ketones is 1. The van der Waals surface area contributed by atoms with Crippen molar-refractivity contribution in [3.63, 3.8) is 0 Å². The van der Waals surface area contributed by atoms with Gasteiger partial charge in [0.25, 0.3) is 0 Å². The van der Waals surface area contributed by atoms with E-state index in [0.29, 0.717) is 31.1 Å². The Bertz CT molecular complexity index is 918. The molecule has 0 bridgehead atoms. The minimum absolute atomic E-state index is 0.0797. The second kappa shape index (κ2) is 19.4. The van der Waals surface area contributed by atoms with Gasteiger partial charge in [0, 0.05) is 5.56 Å². The van der Waals surface area contributed by atoms with Crippen molar-refractivity contribution in [3.05, 3.63) is 59.7 Å². The van der Waals surface area contributed by atoms with E-state index < -0.39 is 0 Å². The van der Waals surface area contributed by atoms with Crippen LogP contribution in [0.25, 0.3) is 6.08 Å². The highest BCUT2D eigenvalue weighted by atomic mass is 16.5. The van der Waals surface area contributed by atoms with Gasteiger partial charge in [-0.15, -0.1) is 0 Å². The number of allylic oxidation sites excluding steroid dienone is 1. The molecule has 0 aliphatic heterocycles. The summed E-state index contributed by atoms with van der Waals surface area (Å²) in [5, 5.41) is 0. The third kappa shape index (κ3) is 12.4. The lowest BCUT2D eigenvalue weighted by molar-refractivity contribution is 0.104. The molecule has 0 N–H and O–H groups in total. The molecule has 2 rings (SSSR count). The van der Waals surface area contributed by atoms with Crippen LogP contribution in [0.3, 0.4) is 0 Å². The summed E-state index contributed by atoms with van der Waals surface area (Å²) in [6.07, 6.45) is 17.2. The Hall–Kier alpha value is -2.75. The average Bonchev–Trinajstić information content (AvgIpc) is 2.92. The molecule has 204 valence electrons. The van der Waals surface area contributed by atoms with Gasteiger partial charge in [-0.3, -0.25) is 4.79 Å². The van der Waals surface area contributed by atoms with Crippen LogP contribution in [0.15, 0.2) is 48.5 Å². The Kier molecular flexibility index (Phi) is 16.0. The van der Waals surface area contributed by atoms with Crippen LogP contribution in [0, 0.1) is 0 Å². The standard InChI is InChI=1S/C33H48O4/c1-4-7-10-15-24-35-29-21-23-32(36-25-16-11-8-5-2)28(27-29)20-22-31(34)30-18-13-14-19-33(30)37-26-17-12-9-6-3/h13-14,18-23,27H,4-12,15-17,24-26H2,1-3H3. The maximum atomic E-state index is 13.1. The highest BCUT2D eigenvalue weighted by Crippen LogP contribution is 2.27. The minimum Gasteiger partial charge on any atom is -0.494 e. The van der Waals surface area contributed by atoms with Crippen LogP contribution < -0.4 is 14.2 Å². The van der Waals surface area contributed by atoms with Crippen LogP contribution in [0.5, 0.6) is 17.2 Å². The fourth-order valence-electron chi connectivity index (χ4n) is 4.07. The van der Waals surface area contributed by atoms with Gasteiger partial charge in [0.05, 0.1) is 25.4 Å². The number of unbranched alkanes of at least 4 members (excludes halogenated alkanes) is 9. The first-order valence-corrected chi connectivity index (χ1v) is 14.5. The number of carbonyl (C=O) groups excluding carboxylic acids is 1. The van der Waals surface area contributed by atoms with E-state index in [1.807, 2.05) is 48.5 Å². The molecule has 0 atom stereocenters. The molecule has 0 fully saturated rings. The monoisotopic (exact) mass is 508 g/mol. The number of hydrogen-bond acceptors (Lipinski definition) is 4. The van der Waals surface area contributed by atoms with Gasteiger partial charge in [-0.05, 0) is 61.7 Å². The highest BCUT2D eigenvalue weighted by molar-refractivity contribution is 6.08. The molecule has 2 aromatic carbocycles. The van der Waals surface area contributed by atoms with Crippen LogP contribution in [0.4, 0.5) is 0 Å². The summed E-state index contributed by atoms with van der Waals surface area (Å²) >= 11 is 0. The van der Waals surface area contributed by atoms with Crippen molar-refractivity contribution in [2.45, 2.75) is 97.8 Å². The Morgan fingerprint density at radius 3 is 1.84 bits per heavy atom. The lowest BCUT2D eigenvalue weighted by Gasteiger charge is -2.12. The van der Waals surface area contributed by atoms with Crippen molar-refractivity contribution in [3.8, 4) is 17.2 Å². The average molecular weight is 509 g/mol. The number of para-hydroxylation sites is 1. The molecule has 4 nitrogen and oxygen atoms in total. The van der Waals surface area contributed by atoms with E-state index in [-0.39, 0.29) is 5.78 Å². The predicted molar refractivity (Wildman–Crippen MR) is 155 cm³/mol. The fourth-order valence-corrected chi connectivity index (χ4v) is 4.07. The maximum Gasteiger partial charge on any atom is 0.189 e. The van der Waals surface area contributed by atoms with Crippen LogP contribution in [0.2, 0.25) is 0 Å². The van der Waals surface area contributed by atoms with Crippen LogP contribution in [0.1, 0.15) is 114 Å². The van der Waals surface area contributed by atoms with Gasteiger partial charge >= 0.3 is 0 Å². The molecular formula is C33H48O4. The minimum atomic E-state index is -0.0797. The molecule has 0 radical (unpaired) electrons. The lowest BCUT2D eigenvalue weighted by atomic mass is 10.1. The van der Waals surface area contributed by atoms with Gasteiger partial charge in [0.2, 0.25) is 0 Å². The molecule has 0 aromatic heterocycles. The first-order chi connectivity index (χ1) is 18.2. The largest absolute Gasteiger partial charge is 0.494 e. The summed E-state index contributed by atoms with van der Waals surface area (Å²) in [4.78, 5) is 13.1. The van der Waals surface area contributed by atoms with Gasteiger partial charge < -0.3 is 14.2 Å². The summed E-state index contributed by atoms with van der Waals surface area (Å²) in [7, 11) is 0. The Morgan fingerprint density at radius 1 is 0.649 bits per heavy atom. The molecule has 37 heavy (non-hydrogen) atoms. The zero-order valence-electron chi connectivity index (χ0n) is 23.4. The van der Waals surface area contributed by atoms with E-state index >= 15 is 0 Å². The third-order valence-electron chi connectivity index (χ3n) is 6.33. The molecule has 0 unspecified atom stereocenters. The summed E-state index contributed by atoms with van der Waals surface area (Å²) < 4.78 is 18.1. The van der Waals surface area contributed by atoms with E-state index in [9.17, 15) is 4.79 Å². The molecule has 0 aliphatic carbocycles. The SMILES string of the molecule is CCCCCCOc1ccc(OCCCCCC)c(C=CC(=O)c2ccccc2OCCCCCC)c1. The number of ether oxygens (including phenoxy) is 3. The topological polar surface area (TPSA) is 44.8 Å². The maximum absolute atomic E-state index is 13.1. The van der Waals surface area contributed by atoms with Gasteiger partial charge in [0.1, 0.15) is 17.2 Å². The van der Waals surface area contributed by atoms with Crippen molar-refractivity contribution in [2.24, 2.45) is 0 Å². The summed E-state index contributed by atoms with van der Waals surface area (Å²) in [6, 6.07) is 13.4. The number of rotatable bonds is 21. The predicted octanol–water partition coefficient (Wildman–Crippen LogP) is 9.46. The molecule has 0 aliphatic rings. The Balaban J connectivity index is 2.09. The first-order valence-electron chi connectivity index (χ1n) is 14.5. The second-order valence-corrected chi connectivity index (χ2v) is 9.62. The zero-order valence-corrected chi connectivity index (χ0v) is 23.4. The molecule has 0 heterocycles. The smallest absolute Gasteiger partial charge is 0.189 e. The molecule has 4 heteroatoms. The van der Waals surface area contributed by atoms with E-state index in [1.165, 1.54) is 44.9 Å². The number of carbonyl (C=O) groups is 1. The van der Waals surface area contributed by atoms with Crippen molar-refractivity contribution in [1.29, 1.82) is 0 Å².